The summed E-state index contributed by atoms with van der Waals surface area (Å²) in [6, 6.07) is 10.1. The fourth-order valence-electron chi connectivity index (χ4n) is 3.26. The Hall–Kier alpha value is -1.95. The zero-order valence-corrected chi connectivity index (χ0v) is 17.1. The van der Waals surface area contributed by atoms with Gasteiger partial charge in [0.2, 0.25) is 0 Å². The average Bonchev–Trinajstić information content (AvgIpc) is 2.69. The molecule has 154 valence electrons. The summed E-state index contributed by atoms with van der Waals surface area (Å²) in [5, 5.41) is 13.7. The van der Waals surface area contributed by atoms with Gasteiger partial charge in [-0.25, -0.2) is 0 Å². The van der Waals surface area contributed by atoms with Crippen molar-refractivity contribution < 1.29 is 19.4 Å². The summed E-state index contributed by atoms with van der Waals surface area (Å²) in [6.07, 6.45) is 7.21. The van der Waals surface area contributed by atoms with Gasteiger partial charge in [0.25, 0.3) is 0 Å². The van der Waals surface area contributed by atoms with Crippen molar-refractivity contribution in [3.63, 3.8) is 0 Å². The van der Waals surface area contributed by atoms with Gasteiger partial charge < -0.3 is 19.4 Å². The van der Waals surface area contributed by atoms with Crippen LogP contribution in [0.5, 0.6) is 0 Å². The van der Waals surface area contributed by atoms with E-state index in [1.54, 1.807) is 12.3 Å². The summed E-state index contributed by atoms with van der Waals surface area (Å²) in [7, 11) is 0. The minimum absolute atomic E-state index is 0.0244. The number of aliphatic hydroxyl groups excluding tert-OH is 1. The minimum Gasteiger partial charge on any atom is -0.394 e. The van der Waals surface area contributed by atoms with Gasteiger partial charge in [0.15, 0.2) is 6.10 Å². The number of benzene rings is 1. The molecule has 0 saturated carbocycles. The number of hydrogen-bond acceptors (Lipinski definition) is 5. The normalized spacial score (nSPS) is 24.4. The molecule has 2 rings (SSSR count). The molecule has 0 saturated heterocycles. The number of hydrogen-bond donors (Lipinski definition) is 1. The Balaban J connectivity index is 1.89. The van der Waals surface area contributed by atoms with Crippen LogP contribution >= 0.6 is 0 Å². The first-order valence-electron chi connectivity index (χ1n) is 9.95. The fraction of sp³-hybridized carbons (Fsp3) is 0.522. The second-order valence-corrected chi connectivity index (χ2v) is 7.49. The average molecular weight is 388 g/mol. The van der Waals surface area contributed by atoms with Crippen molar-refractivity contribution in [3.05, 3.63) is 60.7 Å². The van der Waals surface area contributed by atoms with E-state index in [2.05, 4.69) is 44.6 Å². The summed E-state index contributed by atoms with van der Waals surface area (Å²) in [6.45, 7) is 10.5. The van der Waals surface area contributed by atoms with E-state index in [0.29, 0.717) is 18.9 Å². The Labute approximate surface area is 168 Å². The number of oxime groups is 1. The monoisotopic (exact) mass is 387 g/mol. The molecule has 1 aromatic carbocycles. The largest absolute Gasteiger partial charge is 0.394 e. The van der Waals surface area contributed by atoms with E-state index in [-0.39, 0.29) is 24.7 Å². The van der Waals surface area contributed by atoms with Gasteiger partial charge in [0.05, 0.1) is 25.4 Å². The van der Waals surface area contributed by atoms with Crippen molar-refractivity contribution >= 4 is 6.21 Å². The number of aliphatic hydroxyl groups is 1. The van der Waals surface area contributed by atoms with Crippen LogP contribution in [0.25, 0.3) is 0 Å². The van der Waals surface area contributed by atoms with Crippen LogP contribution in [0.2, 0.25) is 0 Å². The molecule has 0 aliphatic carbocycles. The van der Waals surface area contributed by atoms with Crippen LogP contribution < -0.4 is 0 Å². The first-order chi connectivity index (χ1) is 13.5. The van der Waals surface area contributed by atoms with Crippen molar-refractivity contribution in [2.45, 2.75) is 58.2 Å². The van der Waals surface area contributed by atoms with Crippen LogP contribution in [0.15, 0.2) is 60.3 Å². The molecule has 0 bridgehead atoms. The van der Waals surface area contributed by atoms with Gasteiger partial charge >= 0.3 is 0 Å². The second kappa shape index (κ2) is 11.8. The van der Waals surface area contributed by atoms with Gasteiger partial charge in [0, 0.05) is 12.1 Å². The SMILES string of the molecule is C=CC[C@@H]1C=C[C@H](ON=C[C@@H](C)[C@H](OCc2ccccc2)C(C)C)[C@H](CO)O1. The van der Waals surface area contributed by atoms with E-state index in [1.807, 2.05) is 30.4 Å². The smallest absolute Gasteiger partial charge is 0.174 e. The van der Waals surface area contributed by atoms with Crippen molar-refractivity contribution in [1.82, 2.24) is 0 Å². The highest BCUT2D eigenvalue weighted by molar-refractivity contribution is 5.60. The van der Waals surface area contributed by atoms with E-state index in [9.17, 15) is 5.11 Å². The summed E-state index contributed by atoms with van der Waals surface area (Å²) in [5.41, 5.74) is 1.15. The third-order valence-electron chi connectivity index (χ3n) is 4.75. The molecule has 1 aliphatic rings. The van der Waals surface area contributed by atoms with Crippen molar-refractivity contribution in [1.29, 1.82) is 0 Å². The summed E-state index contributed by atoms with van der Waals surface area (Å²) >= 11 is 0. The number of rotatable bonds is 11. The first kappa shape index (κ1) is 22.3. The van der Waals surface area contributed by atoms with E-state index >= 15 is 0 Å². The van der Waals surface area contributed by atoms with Crippen molar-refractivity contribution in [2.75, 3.05) is 6.61 Å². The molecule has 5 nitrogen and oxygen atoms in total. The Kier molecular flexibility index (Phi) is 9.41. The molecule has 1 aromatic rings. The highest BCUT2D eigenvalue weighted by Crippen LogP contribution is 2.20. The van der Waals surface area contributed by atoms with Gasteiger partial charge in [-0.1, -0.05) is 68.4 Å². The van der Waals surface area contributed by atoms with Gasteiger partial charge in [-0.3, -0.25) is 0 Å². The third kappa shape index (κ3) is 6.89. The molecule has 0 amide bonds. The Morgan fingerprint density at radius 2 is 1.96 bits per heavy atom. The van der Waals surface area contributed by atoms with Crippen molar-refractivity contribution in [2.24, 2.45) is 17.0 Å². The van der Waals surface area contributed by atoms with Crippen LogP contribution in [0.4, 0.5) is 0 Å². The zero-order valence-electron chi connectivity index (χ0n) is 17.1. The first-order valence-corrected chi connectivity index (χ1v) is 9.95. The highest BCUT2D eigenvalue weighted by Gasteiger charge is 2.28. The van der Waals surface area contributed by atoms with Crippen molar-refractivity contribution in [3.8, 4) is 0 Å². The molecule has 0 fully saturated rings. The predicted octanol–water partition coefficient (Wildman–Crippen LogP) is 4.13. The lowest BCUT2D eigenvalue weighted by atomic mass is 9.95. The second-order valence-electron chi connectivity index (χ2n) is 7.49. The van der Waals surface area contributed by atoms with Gasteiger partial charge in [-0.15, -0.1) is 6.58 Å². The Morgan fingerprint density at radius 1 is 1.21 bits per heavy atom. The van der Waals surface area contributed by atoms with E-state index < -0.39 is 12.2 Å². The van der Waals surface area contributed by atoms with Gasteiger partial charge in [-0.05, 0) is 24.0 Å². The molecule has 0 aromatic heterocycles. The maximum atomic E-state index is 9.56. The maximum absolute atomic E-state index is 9.56. The molecular formula is C23H33NO4. The quantitative estimate of drug-likeness (QED) is 0.352. The van der Waals surface area contributed by atoms with Crippen LogP contribution in [-0.2, 0) is 20.9 Å². The highest BCUT2D eigenvalue weighted by atomic mass is 16.7. The summed E-state index contributed by atoms with van der Waals surface area (Å²) in [5.74, 6) is 0.422. The molecule has 0 spiro atoms. The number of ether oxygens (including phenoxy) is 2. The lowest BCUT2D eigenvalue weighted by Crippen LogP contribution is -2.38. The van der Waals surface area contributed by atoms with E-state index in [1.165, 1.54) is 0 Å². The van der Waals surface area contributed by atoms with Crippen LogP contribution in [0, 0.1) is 11.8 Å². The minimum atomic E-state index is -0.433. The lowest BCUT2D eigenvalue weighted by Gasteiger charge is -2.29. The maximum Gasteiger partial charge on any atom is 0.174 e. The van der Waals surface area contributed by atoms with E-state index in [0.717, 1.165) is 5.56 Å². The lowest BCUT2D eigenvalue weighted by molar-refractivity contribution is -0.100. The molecule has 5 heteroatoms. The fourth-order valence-corrected chi connectivity index (χ4v) is 3.26. The van der Waals surface area contributed by atoms with Gasteiger partial charge in [0.1, 0.15) is 6.10 Å². The molecule has 28 heavy (non-hydrogen) atoms. The standard InChI is InChI=1S/C23H33NO4/c1-5-9-20-12-13-21(22(15-25)27-20)28-24-14-18(4)23(17(2)3)26-16-19-10-7-6-8-11-19/h5-8,10-14,17-18,20-23,25H,1,9,15-16H2,2-4H3/t18-,20-,21+,22+,23-/m1/s1. The molecule has 0 unspecified atom stereocenters. The molecule has 1 N–H and O–H groups in total. The van der Waals surface area contributed by atoms with Gasteiger partial charge in [-0.2, -0.15) is 0 Å². The summed E-state index contributed by atoms with van der Waals surface area (Å²) < 4.78 is 11.9. The van der Waals surface area contributed by atoms with E-state index in [4.69, 9.17) is 14.3 Å². The Bertz CT molecular complexity index is 629. The molecular weight excluding hydrogens is 354 g/mol. The van der Waals surface area contributed by atoms with Crippen LogP contribution in [-0.4, -0.2) is 42.3 Å². The topological polar surface area (TPSA) is 60.3 Å². The Morgan fingerprint density at radius 3 is 2.61 bits per heavy atom. The zero-order chi connectivity index (χ0) is 20.4. The molecule has 5 atom stereocenters. The van der Waals surface area contributed by atoms with Crippen LogP contribution in [0.1, 0.15) is 32.8 Å². The molecule has 1 heterocycles. The third-order valence-corrected chi connectivity index (χ3v) is 4.75. The summed E-state index contributed by atoms with van der Waals surface area (Å²) in [4.78, 5) is 5.59. The molecule has 1 aliphatic heterocycles. The molecule has 0 radical (unpaired) electrons. The predicted molar refractivity (Wildman–Crippen MR) is 112 cm³/mol. The van der Waals surface area contributed by atoms with Crippen LogP contribution in [0.3, 0.4) is 0 Å². The number of nitrogens with zero attached hydrogens (tertiary/aromatic N) is 1.